The lowest BCUT2D eigenvalue weighted by atomic mass is 10.1. The molecule has 1 aliphatic rings. The molecule has 1 aromatic heterocycles. The molecule has 4 rings (SSSR count). The molecule has 2 heterocycles. The van der Waals surface area contributed by atoms with Gasteiger partial charge in [-0.2, -0.15) is 9.40 Å². The number of aromatic hydroxyl groups is 2. The number of halogens is 1. The largest absolute Gasteiger partial charge is 0.507 e. The quantitative estimate of drug-likeness (QED) is 0.506. The molecule has 0 bridgehead atoms. The lowest BCUT2D eigenvalue weighted by molar-refractivity contribution is 0.344. The fraction of sp³-hybridized carbons (Fsp3) is 0.300. The van der Waals surface area contributed by atoms with Crippen LogP contribution in [0.4, 0.5) is 0 Å². The van der Waals surface area contributed by atoms with E-state index in [0.717, 1.165) is 23.2 Å². The molecule has 32 heavy (non-hydrogen) atoms. The number of hydrogen-bond donors (Lipinski definition) is 3. The van der Waals surface area contributed by atoms with Crippen LogP contribution in [0.25, 0.3) is 17.1 Å². The van der Waals surface area contributed by atoms with Gasteiger partial charge in [-0.1, -0.05) is 23.7 Å². The number of H-pyrrole nitrogens is 1. The highest BCUT2D eigenvalue weighted by molar-refractivity contribution is 7.89. The zero-order chi connectivity index (χ0) is 23.2. The van der Waals surface area contributed by atoms with E-state index in [1.54, 1.807) is 24.3 Å². The summed E-state index contributed by atoms with van der Waals surface area (Å²) < 4.78 is 29.0. The SMILES string of the molecule is CN1CCC(N(C)S(=O)(=O)c2cc(-c3n[nH]c(=O)n3-c3ccccc3Cl)c(O)cc2O)C1. The fourth-order valence-corrected chi connectivity index (χ4v) is 5.52. The van der Waals surface area contributed by atoms with Crippen LogP contribution in [0.2, 0.25) is 5.02 Å². The molecule has 170 valence electrons. The first-order valence-corrected chi connectivity index (χ1v) is 11.6. The van der Waals surface area contributed by atoms with E-state index in [2.05, 4.69) is 10.2 Å². The van der Waals surface area contributed by atoms with Crippen molar-refractivity contribution in [3.63, 3.8) is 0 Å². The van der Waals surface area contributed by atoms with E-state index >= 15 is 0 Å². The second-order valence-corrected chi connectivity index (χ2v) is 10.1. The van der Waals surface area contributed by atoms with Crippen molar-refractivity contribution in [2.24, 2.45) is 0 Å². The molecule has 0 amide bonds. The highest BCUT2D eigenvalue weighted by Crippen LogP contribution is 2.38. The topological polar surface area (TPSA) is 132 Å². The predicted molar refractivity (Wildman–Crippen MR) is 119 cm³/mol. The maximum absolute atomic E-state index is 13.3. The highest BCUT2D eigenvalue weighted by Gasteiger charge is 2.34. The van der Waals surface area contributed by atoms with Crippen LogP contribution in [0.1, 0.15) is 6.42 Å². The number of nitrogens with zero attached hydrogens (tertiary/aromatic N) is 4. The molecule has 1 aliphatic heterocycles. The van der Waals surface area contributed by atoms with Gasteiger partial charge in [-0.05, 0) is 38.2 Å². The van der Waals surface area contributed by atoms with Crippen LogP contribution in [-0.4, -0.2) is 75.8 Å². The second-order valence-electron chi connectivity index (χ2n) is 7.70. The Hall–Kier alpha value is -2.86. The summed E-state index contributed by atoms with van der Waals surface area (Å²) in [6.07, 6.45) is 0.656. The molecule has 1 saturated heterocycles. The summed E-state index contributed by atoms with van der Waals surface area (Å²) in [5.41, 5.74) is -0.390. The zero-order valence-corrected chi connectivity index (χ0v) is 18.9. The molecule has 0 aliphatic carbocycles. The van der Waals surface area contributed by atoms with E-state index in [1.807, 2.05) is 11.9 Å². The summed E-state index contributed by atoms with van der Waals surface area (Å²) >= 11 is 6.23. The summed E-state index contributed by atoms with van der Waals surface area (Å²) in [6.45, 7) is 1.32. The van der Waals surface area contributed by atoms with E-state index in [4.69, 9.17) is 11.6 Å². The number of aromatic amines is 1. The molecular formula is C20H22ClN5O5S. The molecule has 2 aromatic carbocycles. The van der Waals surface area contributed by atoms with Crippen molar-refractivity contribution in [3.05, 3.63) is 51.9 Å². The minimum atomic E-state index is -4.11. The second kappa shape index (κ2) is 8.24. The zero-order valence-electron chi connectivity index (χ0n) is 17.4. The van der Waals surface area contributed by atoms with Gasteiger partial charge in [0.2, 0.25) is 10.0 Å². The summed E-state index contributed by atoms with van der Waals surface area (Å²) in [6, 6.07) is 8.31. The van der Waals surface area contributed by atoms with Gasteiger partial charge >= 0.3 is 5.69 Å². The molecule has 12 heteroatoms. The first kappa shape index (κ1) is 22.3. The lowest BCUT2D eigenvalue weighted by Gasteiger charge is -2.24. The number of para-hydroxylation sites is 1. The van der Waals surface area contributed by atoms with Gasteiger partial charge in [0.05, 0.1) is 16.3 Å². The summed E-state index contributed by atoms with van der Waals surface area (Å²) in [7, 11) is -0.746. The highest BCUT2D eigenvalue weighted by atomic mass is 35.5. The molecule has 0 spiro atoms. The van der Waals surface area contributed by atoms with Crippen molar-refractivity contribution in [2.75, 3.05) is 27.2 Å². The van der Waals surface area contributed by atoms with Crippen molar-refractivity contribution < 1.29 is 18.6 Å². The summed E-state index contributed by atoms with van der Waals surface area (Å²) in [5, 5.41) is 27.4. The molecule has 10 nitrogen and oxygen atoms in total. The first-order chi connectivity index (χ1) is 15.1. The number of aromatic nitrogens is 3. The Kier molecular flexibility index (Phi) is 5.76. The number of rotatable bonds is 5. The van der Waals surface area contributed by atoms with E-state index in [0.29, 0.717) is 18.7 Å². The maximum Gasteiger partial charge on any atom is 0.348 e. The number of likely N-dealkylation sites (N-methyl/N-ethyl adjacent to an activating group) is 2. The van der Waals surface area contributed by atoms with Crippen molar-refractivity contribution in [3.8, 4) is 28.6 Å². The Bertz CT molecular complexity index is 1340. The van der Waals surface area contributed by atoms with Crippen LogP contribution in [-0.2, 0) is 10.0 Å². The average Bonchev–Trinajstić information content (AvgIpc) is 3.33. The third kappa shape index (κ3) is 3.77. The van der Waals surface area contributed by atoms with Crippen molar-refractivity contribution in [1.82, 2.24) is 24.0 Å². The van der Waals surface area contributed by atoms with Crippen molar-refractivity contribution >= 4 is 21.6 Å². The number of sulfonamides is 1. The van der Waals surface area contributed by atoms with E-state index in [-0.39, 0.29) is 22.5 Å². The number of benzene rings is 2. The van der Waals surface area contributed by atoms with Crippen LogP contribution < -0.4 is 5.69 Å². The lowest BCUT2D eigenvalue weighted by Crippen LogP contribution is -2.38. The van der Waals surface area contributed by atoms with Gasteiger partial charge in [-0.3, -0.25) is 0 Å². The molecule has 0 radical (unpaired) electrons. The standard InChI is InChI=1S/C20H22ClN5O5S/c1-24-8-7-12(11-24)25(2)32(30,31)18-9-13(16(27)10-17(18)28)19-22-23-20(29)26(19)15-6-4-3-5-14(15)21/h3-6,9-10,12,27-28H,7-8,11H2,1-2H3,(H,23,29). The third-order valence-corrected chi connectivity index (χ3v) is 7.88. The Labute approximate surface area is 189 Å². The Balaban J connectivity index is 1.85. The Morgan fingerprint density at radius 2 is 1.94 bits per heavy atom. The minimum absolute atomic E-state index is 0.0553. The molecule has 1 atom stereocenters. The summed E-state index contributed by atoms with van der Waals surface area (Å²) in [4.78, 5) is 14.1. The average molecular weight is 480 g/mol. The van der Waals surface area contributed by atoms with Crippen LogP contribution in [0, 0.1) is 0 Å². The Morgan fingerprint density at radius 1 is 1.22 bits per heavy atom. The van der Waals surface area contributed by atoms with Gasteiger partial charge < -0.3 is 15.1 Å². The van der Waals surface area contributed by atoms with Crippen molar-refractivity contribution in [2.45, 2.75) is 17.4 Å². The van der Waals surface area contributed by atoms with Gasteiger partial charge in [-0.25, -0.2) is 22.9 Å². The van der Waals surface area contributed by atoms with Gasteiger partial charge in [-0.15, -0.1) is 0 Å². The van der Waals surface area contributed by atoms with Gasteiger partial charge in [0.1, 0.15) is 16.4 Å². The summed E-state index contributed by atoms with van der Waals surface area (Å²) in [5.74, 6) is -1.11. The normalized spacial score (nSPS) is 17.3. The smallest absolute Gasteiger partial charge is 0.348 e. The molecule has 3 aromatic rings. The predicted octanol–water partition coefficient (Wildman–Crippen LogP) is 1.62. The number of nitrogens with one attached hydrogen (secondary N) is 1. The maximum atomic E-state index is 13.3. The van der Waals surface area contributed by atoms with Crippen LogP contribution in [0.3, 0.4) is 0 Å². The van der Waals surface area contributed by atoms with Crippen LogP contribution in [0.5, 0.6) is 11.5 Å². The third-order valence-electron chi connectivity index (χ3n) is 5.62. The molecule has 0 saturated carbocycles. The number of likely N-dealkylation sites (tertiary alicyclic amines) is 1. The number of phenols is 2. The molecular weight excluding hydrogens is 458 g/mol. The van der Waals surface area contributed by atoms with E-state index in [1.165, 1.54) is 11.4 Å². The van der Waals surface area contributed by atoms with Crippen LogP contribution >= 0.6 is 11.6 Å². The van der Waals surface area contributed by atoms with Gasteiger partial charge in [0, 0.05) is 25.7 Å². The molecule has 1 unspecified atom stereocenters. The van der Waals surface area contributed by atoms with Gasteiger partial charge in [0.15, 0.2) is 5.82 Å². The first-order valence-electron chi connectivity index (χ1n) is 9.76. The number of phenolic OH excluding ortho intramolecular Hbond substituents is 2. The monoisotopic (exact) mass is 479 g/mol. The van der Waals surface area contributed by atoms with E-state index in [9.17, 15) is 23.4 Å². The van der Waals surface area contributed by atoms with Crippen molar-refractivity contribution in [1.29, 1.82) is 0 Å². The van der Waals surface area contributed by atoms with Gasteiger partial charge in [0.25, 0.3) is 0 Å². The van der Waals surface area contributed by atoms with E-state index < -0.39 is 32.1 Å². The fourth-order valence-electron chi connectivity index (χ4n) is 3.84. The molecule has 3 N–H and O–H groups in total. The number of hydrogen-bond acceptors (Lipinski definition) is 7. The molecule has 1 fully saturated rings. The Morgan fingerprint density at radius 3 is 2.59 bits per heavy atom. The van der Waals surface area contributed by atoms with Crippen LogP contribution in [0.15, 0.2) is 46.1 Å². The minimum Gasteiger partial charge on any atom is -0.507 e.